The minimum atomic E-state index is 0.163. The van der Waals surface area contributed by atoms with E-state index in [4.69, 9.17) is 10.5 Å². The molecule has 0 aromatic rings. The molecule has 2 saturated heterocycles. The molecule has 0 aromatic heterocycles. The Hall–Kier alpha value is -0.610. The Morgan fingerprint density at radius 3 is 2.93 bits per heavy atom. The lowest BCUT2D eigenvalue weighted by Crippen LogP contribution is -2.46. The average molecular weight is 212 g/mol. The van der Waals surface area contributed by atoms with Crippen molar-refractivity contribution in [3.05, 3.63) is 0 Å². The van der Waals surface area contributed by atoms with Crippen molar-refractivity contribution in [3.63, 3.8) is 0 Å². The normalized spacial score (nSPS) is 31.9. The molecule has 0 aromatic carbocycles. The lowest BCUT2D eigenvalue weighted by Gasteiger charge is -2.31. The summed E-state index contributed by atoms with van der Waals surface area (Å²) >= 11 is 0. The summed E-state index contributed by atoms with van der Waals surface area (Å²) in [6.45, 7) is 2.42. The van der Waals surface area contributed by atoms with E-state index in [9.17, 15) is 4.79 Å². The van der Waals surface area contributed by atoms with E-state index in [1.807, 2.05) is 4.90 Å². The van der Waals surface area contributed by atoms with Gasteiger partial charge in [-0.2, -0.15) is 0 Å². The van der Waals surface area contributed by atoms with Gasteiger partial charge in [0.15, 0.2) is 0 Å². The number of nitrogens with zero attached hydrogens (tertiary/aromatic N) is 1. The van der Waals surface area contributed by atoms with E-state index < -0.39 is 0 Å². The van der Waals surface area contributed by atoms with Crippen LogP contribution in [0.4, 0.5) is 0 Å². The van der Waals surface area contributed by atoms with E-state index in [1.165, 1.54) is 0 Å². The molecule has 86 valence electrons. The Kier molecular flexibility index (Phi) is 3.59. The van der Waals surface area contributed by atoms with Crippen molar-refractivity contribution >= 4 is 5.91 Å². The van der Waals surface area contributed by atoms with Gasteiger partial charge in [-0.1, -0.05) is 0 Å². The summed E-state index contributed by atoms with van der Waals surface area (Å²) in [5.41, 5.74) is 5.85. The summed E-state index contributed by atoms with van der Waals surface area (Å²) in [5, 5.41) is 0. The van der Waals surface area contributed by atoms with Crippen molar-refractivity contribution in [2.24, 2.45) is 5.73 Å². The Morgan fingerprint density at radius 1 is 1.40 bits per heavy atom. The van der Waals surface area contributed by atoms with Crippen LogP contribution in [0.5, 0.6) is 0 Å². The number of carbonyl (C=O) groups is 1. The number of likely N-dealkylation sites (tertiary alicyclic amines) is 1. The van der Waals surface area contributed by atoms with Crippen LogP contribution in [0.25, 0.3) is 0 Å². The van der Waals surface area contributed by atoms with Gasteiger partial charge in [0.25, 0.3) is 0 Å². The second kappa shape index (κ2) is 4.94. The first-order valence-corrected chi connectivity index (χ1v) is 5.90. The predicted octanol–water partition coefficient (Wildman–Crippen LogP) is 0.505. The van der Waals surface area contributed by atoms with Crippen LogP contribution in [0.1, 0.15) is 32.1 Å². The summed E-state index contributed by atoms with van der Waals surface area (Å²) in [7, 11) is 0. The van der Waals surface area contributed by atoms with Crippen LogP contribution in [0.15, 0.2) is 0 Å². The second-order valence-electron chi connectivity index (χ2n) is 4.58. The van der Waals surface area contributed by atoms with E-state index >= 15 is 0 Å². The summed E-state index contributed by atoms with van der Waals surface area (Å²) in [4.78, 5) is 13.8. The van der Waals surface area contributed by atoms with Gasteiger partial charge < -0.3 is 15.4 Å². The Bertz CT molecular complexity index is 227. The summed E-state index contributed by atoms with van der Waals surface area (Å²) < 4.78 is 5.46. The third-order valence-corrected chi connectivity index (χ3v) is 3.24. The Morgan fingerprint density at radius 2 is 2.27 bits per heavy atom. The molecular formula is C11H20N2O2. The van der Waals surface area contributed by atoms with Crippen molar-refractivity contribution in [2.75, 3.05) is 19.7 Å². The highest BCUT2D eigenvalue weighted by Crippen LogP contribution is 2.18. The first-order chi connectivity index (χ1) is 7.25. The van der Waals surface area contributed by atoms with Crippen LogP contribution in [0, 0.1) is 0 Å². The zero-order valence-electron chi connectivity index (χ0n) is 9.15. The number of hydrogen-bond donors (Lipinski definition) is 1. The van der Waals surface area contributed by atoms with Crippen LogP contribution in [-0.4, -0.2) is 42.6 Å². The zero-order chi connectivity index (χ0) is 10.7. The molecule has 2 fully saturated rings. The maximum Gasteiger partial charge on any atom is 0.225 e. The minimum Gasteiger partial charge on any atom is -0.378 e. The highest BCUT2D eigenvalue weighted by atomic mass is 16.5. The smallest absolute Gasteiger partial charge is 0.225 e. The average Bonchev–Trinajstić information content (AvgIpc) is 2.70. The number of carbonyl (C=O) groups excluding carboxylic acids is 1. The first kappa shape index (κ1) is 10.9. The standard InChI is InChI=1S/C11H20N2O2/c12-9-3-1-5-13(8-9)11(14)7-10-4-2-6-15-10/h9-10H,1-8,12H2/t9-,10?/m1/s1. The highest BCUT2D eigenvalue weighted by molar-refractivity contribution is 5.76. The molecular weight excluding hydrogens is 192 g/mol. The molecule has 0 spiro atoms. The molecule has 2 rings (SSSR count). The number of hydrogen-bond acceptors (Lipinski definition) is 3. The van der Waals surface area contributed by atoms with Gasteiger partial charge in [0.2, 0.25) is 5.91 Å². The predicted molar refractivity (Wildman–Crippen MR) is 57.4 cm³/mol. The van der Waals surface area contributed by atoms with E-state index in [-0.39, 0.29) is 18.1 Å². The number of rotatable bonds is 2. The molecule has 2 heterocycles. The van der Waals surface area contributed by atoms with Crippen LogP contribution >= 0.6 is 0 Å². The van der Waals surface area contributed by atoms with Crippen molar-refractivity contribution in [2.45, 2.75) is 44.2 Å². The SMILES string of the molecule is N[C@@H]1CCCN(C(=O)CC2CCCO2)C1. The molecule has 2 aliphatic heterocycles. The molecule has 1 unspecified atom stereocenters. The minimum absolute atomic E-state index is 0.163. The molecule has 1 amide bonds. The number of ether oxygens (including phenoxy) is 1. The van der Waals surface area contributed by atoms with Crippen molar-refractivity contribution in [1.29, 1.82) is 0 Å². The van der Waals surface area contributed by atoms with Gasteiger partial charge in [-0.25, -0.2) is 0 Å². The van der Waals surface area contributed by atoms with Gasteiger partial charge in [-0.3, -0.25) is 4.79 Å². The summed E-state index contributed by atoms with van der Waals surface area (Å²) in [6.07, 6.45) is 4.92. The van der Waals surface area contributed by atoms with E-state index in [1.54, 1.807) is 0 Å². The molecule has 2 atom stereocenters. The van der Waals surface area contributed by atoms with Crippen LogP contribution < -0.4 is 5.73 Å². The fraction of sp³-hybridized carbons (Fsp3) is 0.909. The lowest BCUT2D eigenvalue weighted by molar-refractivity contribution is -0.134. The highest BCUT2D eigenvalue weighted by Gasteiger charge is 2.25. The van der Waals surface area contributed by atoms with Crippen LogP contribution in [0.2, 0.25) is 0 Å². The first-order valence-electron chi connectivity index (χ1n) is 5.90. The molecule has 2 N–H and O–H groups in total. The summed E-state index contributed by atoms with van der Waals surface area (Å²) in [6, 6.07) is 0.173. The third kappa shape index (κ3) is 2.92. The van der Waals surface area contributed by atoms with Gasteiger partial charge >= 0.3 is 0 Å². The fourth-order valence-corrected chi connectivity index (χ4v) is 2.37. The van der Waals surface area contributed by atoms with Gasteiger partial charge in [0.1, 0.15) is 0 Å². The summed E-state index contributed by atoms with van der Waals surface area (Å²) in [5.74, 6) is 0.219. The van der Waals surface area contributed by atoms with Gasteiger partial charge in [-0.05, 0) is 25.7 Å². The van der Waals surface area contributed by atoms with Crippen LogP contribution in [-0.2, 0) is 9.53 Å². The monoisotopic (exact) mass is 212 g/mol. The zero-order valence-corrected chi connectivity index (χ0v) is 9.15. The quantitative estimate of drug-likeness (QED) is 0.725. The van der Waals surface area contributed by atoms with Crippen molar-refractivity contribution in [1.82, 2.24) is 4.90 Å². The molecule has 0 radical (unpaired) electrons. The maximum atomic E-state index is 11.9. The second-order valence-corrected chi connectivity index (χ2v) is 4.58. The van der Waals surface area contributed by atoms with E-state index in [0.717, 1.165) is 45.4 Å². The number of piperidine rings is 1. The molecule has 15 heavy (non-hydrogen) atoms. The largest absolute Gasteiger partial charge is 0.378 e. The van der Waals surface area contributed by atoms with Gasteiger partial charge in [0.05, 0.1) is 12.5 Å². The van der Waals surface area contributed by atoms with Gasteiger partial charge in [-0.15, -0.1) is 0 Å². The molecule has 4 heteroatoms. The van der Waals surface area contributed by atoms with Gasteiger partial charge in [0, 0.05) is 25.7 Å². The lowest BCUT2D eigenvalue weighted by atomic mass is 10.1. The Labute approximate surface area is 90.8 Å². The fourth-order valence-electron chi connectivity index (χ4n) is 2.37. The molecule has 2 aliphatic rings. The third-order valence-electron chi connectivity index (χ3n) is 3.24. The van der Waals surface area contributed by atoms with Crippen LogP contribution in [0.3, 0.4) is 0 Å². The molecule has 0 saturated carbocycles. The molecule has 4 nitrogen and oxygen atoms in total. The van der Waals surface area contributed by atoms with E-state index in [0.29, 0.717) is 6.42 Å². The van der Waals surface area contributed by atoms with E-state index in [2.05, 4.69) is 0 Å². The number of nitrogens with two attached hydrogens (primary N) is 1. The van der Waals surface area contributed by atoms with Crippen molar-refractivity contribution in [3.8, 4) is 0 Å². The maximum absolute atomic E-state index is 11.9. The topological polar surface area (TPSA) is 55.6 Å². The molecule has 0 bridgehead atoms. The van der Waals surface area contributed by atoms with Crippen molar-refractivity contribution < 1.29 is 9.53 Å². The molecule has 0 aliphatic carbocycles. The number of amides is 1. The Balaban J connectivity index is 1.78.